The van der Waals surface area contributed by atoms with E-state index in [9.17, 15) is 4.79 Å². The minimum Gasteiger partial charge on any atom is -0.376 e. The minimum absolute atomic E-state index is 0.138. The Hall–Kier alpha value is -2.30. The number of thiazole rings is 1. The van der Waals surface area contributed by atoms with Crippen molar-refractivity contribution in [2.24, 2.45) is 0 Å². The first-order valence-corrected chi connectivity index (χ1v) is 10.5. The third-order valence-electron chi connectivity index (χ3n) is 4.05. The molecule has 1 N–H and O–H groups in total. The smallest absolute Gasteiger partial charge is 0.236 e. The van der Waals surface area contributed by atoms with Crippen LogP contribution < -0.4 is 5.32 Å². The Morgan fingerprint density at radius 3 is 3.07 bits per heavy atom. The number of amides is 1. The van der Waals surface area contributed by atoms with Crippen LogP contribution in [0.5, 0.6) is 0 Å². The zero-order valence-corrected chi connectivity index (χ0v) is 16.1. The predicted molar refractivity (Wildman–Crippen MR) is 104 cm³/mol. The fraction of sp³-hybridized carbons (Fsp3) is 0.353. The van der Waals surface area contributed by atoms with Crippen molar-refractivity contribution < 1.29 is 9.53 Å². The summed E-state index contributed by atoms with van der Waals surface area (Å²) in [5, 5.41) is 17.7. The van der Waals surface area contributed by atoms with E-state index in [2.05, 4.69) is 25.8 Å². The average molecular weight is 403 g/mol. The molecule has 0 bridgehead atoms. The van der Waals surface area contributed by atoms with Gasteiger partial charge in [-0.25, -0.2) is 9.67 Å². The van der Waals surface area contributed by atoms with Gasteiger partial charge in [0.15, 0.2) is 5.13 Å². The fourth-order valence-corrected chi connectivity index (χ4v) is 4.18. The molecule has 140 valence electrons. The van der Waals surface area contributed by atoms with Gasteiger partial charge in [-0.1, -0.05) is 42.1 Å². The van der Waals surface area contributed by atoms with Gasteiger partial charge in [-0.3, -0.25) is 4.79 Å². The van der Waals surface area contributed by atoms with E-state index in [0.717, 1.165) is 30.7 Å². The summed E-state index contributed by atoms with van der Waals surface area (Å²) < 4.78 is 7.31. The van der Waals surface area contributed by atoms with Gasteiger partial charge in [-0.2, -0.15) is 0 Å². The first-order valence-electron chi connectivity index (χ1n) is 8.59. The Balaban J connectivity index is 1.30. The van der Waals surface area contributed by atoms with Crippen molar-refractivity contribution in [3.05, 3.63) is 35.7 Å². The van der Waals surface area contributed by atoms with Crippen LogP contribution >= 0.6 is 23.1 Å². The van der Waals surface area contributed by atoms with Gasteiger partial charge in [-0.05, 0) is 23.3 Å². The lowest BCUT2D eigenvalue weighted by atomic mass is 10.2. The van der Waals surface area contributed by atoms with E-state index in [1.165, 1.54) is 23.1 Å². The summed E-state index contributed by atoms with van der Waals surface area (Å²) >= 11 is 2.71. The van der Waals surface area contributed by atoms with Crippen molar-refractivity contribution in [2.45, 2.75) is 30.6 Å². The molecule has 4 rings (SSSR count). The highest BCUT2D eigenvalue weighted by Gasteiger charge is 2.19. The number of anilines is 1. The third-order valence-corrected chi connectivity index (χ3v) is 5.77. The summed E-state index contributed by atoms with van der Waals surface area (Å²) in [7, 11) is 0. The van der Waals surface area contributed by atoms with Crippen LogP contribution in [-0.2, 0) is 16.1 Å². The molecule has 8 nitrogen and oxygen atoms in total. The summed E-state index contributed by atoms with van der Waals surface area (Å²) in [6.07, 6.45) is 2.22. The topological polar surface area (TPSA) is 94.8 Å². The van der Waals surface area contributed by atoms with Crippen molar-refractivity contribution >= 4 is 34.1 Å². The molecule has 0 aliphatic carbocycles. The second-order valence-electron chi connectivity index (χ2n) is 6.02. The maximum atomic E-state index is 12.2. The zero-order valence-electron chi connectivity index (χ0n) is 14.4. The Morgan fingerprint density at radius 1 is 1.37 bits per heavy atom. The van der Waals surface area contributed by atoms with Crippen LogP contribution in [0.15, 0.2) is 40.9 Å². The molecule has 1 unspecified atom stereocenters. The van der Waals surface area contributed by atoms with Gasteiger partial charge < -0.3 is 10.1 Å². The predicted octanol–water partition coefficient (Wildman–Crippen LogP) is 2.71. The van der Waals surface area contributed by atoms with E-state index < -0.39 is 0 Å². The van der Waals surface area contributed by atoms with Crippen LogP contribution in [0.4, 0.5) is 5.13 Å². The summed E-state index contributed by atoms with van der Waals surface area (Å²) in [5.41, 5.74) is 1.88. The molecule has 10 heteroatoms. The number of tetrazole rings is 1. The van der Waals surface area contributed by atoms with Gasteiger partial charge in [0.2, 0.25) is 11.1 Å². The highest BCUT2D eigenvalue weighted by Crippen LogP contribution is 2.25. The Morgan fingerprint density at radius 2 is 2.26 bits per heavy atom. The number of carbonyl (C=O) groups is 1. The Bertz CT molecular complexity index is 892. The lowest BCUT2D eigenvalue weighted by molar-refractivity contribution is -0.113. The molecule has 2 aromatic heterocycles. The average Bonchev–Trinajstić information content (AvgIpc) is 3.44. The molecule has 1 atom stereocenters. The molecule has 0 saturated carbocycles. The van der Waals surface area contributed by atoms with Crippen LogP contribution in [0, 0.1) is 0 Å². The standard InChI is InChI=1S/C17H18N6O2S2/c24-15(19-16-18-14(10-26-16)12-5-2-1-3-6-12)11-27-17-20-21-22-23(17)9-13-7-4-8-25-13/h1-3,5-6,10,13H,4,7-9,11H2,(H,18,19,24). The largest absolute Gasteiger partial charge is 0.376 e. The van der Waals surface area contributed by atoms with Gasteiger partial charge >= 0.3 is 0 Å². The van der Waals surface area contributed by atoms with Gasteiger partial charge in [0.1, 0.15) is 0 Å². The van der Waals surface area contributed by atoms with E-state index in [0.29, 0.717) is 16.8 Å². The maximum absolute atomic E-state index is 12.2. The van der Waals surface area contributed by atoms with Crippen molar-refractivity contribution in [1.82, 2.24) is 25.2 Å². The molecule has 0 spiro atoms. The number of hydrogen-bond donors (Lipinski definition) is 1. The highest BCUT2D eigenvalue weighted by atomic mass is 32.2. The SMILES string of the molecule is O=C(CSc1nnnn1CC1CCCO1)Nc1nc(-c2ccccc2)cs1. The number of benzene rings is 1. The summed E-state index contributed by atoms with van der Waals surface area (Å²) in [4.78, 5) is 16.7. The monoisotopic (exact) mass is 402 g/mol. The number of thioether (sulfide) groups is 1. The second-order valence-corrected chi connectivity index (χ2v) is 7.82. The number of ether oxygens (including phenoxy) is 1. The minimum atomic E-state index is -0.138. The third kappa shape index (κ3) is 4.71. The first-order chi connectivity index (χ1) is 13.3. The molecule has 3 heterocycles. The molecule has 1 aliphatic heterocycles. The van der Waals surface area contributed by atoms with Crippen molar-refractivity contribution in [2.75, 3.05) is 17.7 Å². The van der Waals surface area contributed by atoms with E-state index in [-0.39, 0.29) is 17.8 Å². The first kappa shape index (κ1) is 18.1. The summed E-state index contributed by atoms with van der Waals surface area (Å²) in [6.45, 7) is 1.40. The molecule has 27 heavy (non-hydrogen) atoms. The molecular weight excluding hydrogens is 384 g/mol. The van der Waals surface area contributed by atoms with Crippen LogP contribution in [0.1, 0.15) is 12.8 Å². The van der Waals surface area contributed by atoms with Crippen molar-refractivity contribution in [1.29, 1.82) is 0 Å². The van der Waals surface area contributed by atoms with E-state index in [4.69, 9.17) is 4.74 Å². The lowest BCUT2D eigenvalue weighted by Crippen LogP contribution is -2.18. The lowest BCUT2D eigenvalue weighted by Gasteiger charge is -2.09. The maximum Gasteiger partial charge on any atom is 0.236 e. The summed E-state index contributed by atoms with van der Waals surface area (Å²) in [6, 6.07) is 9.87. The van der Waals surface area contributed by atoms with Gasteiger partial charge in [0.05, 0.1) is 24.1 Å². The fourth-order valence-electron chi connectivity index (χ4n) is 2.75. The number of hydrogen-bond acceptors (Lipinski definition) is 8. The number of carbonyl (C=O) groups excluding carboxylic acids is 1. The van der Waals surface area contributed by atoms with Gasteiger partial charge in [-0.15, -0.1) is 16.4 Å². The van der Waals surface area contributed by atoms with Crippen LogP contribution in [-0.4, -0.2) is 49.6 Å². The molecular formula is C17H18N6O2S2. The van der Waals surface area contributed by atoms with E-state index in [1.54, 1.807) is 4.68 Å². The molecule has 1 aromatic carbocycles. The van der Waals surface area contributed by atoms with Gasteiger partial charge in [0.25, 0.3) is 0 Å². The molecule has 0 radical (unpaired) electrons. The van der Waals surface area contributed by atoms with Gasteiger partial charge in [0, 0.05) is 17.6 Å². The molecule has 1 fully saturated rings. The molecule has 3 aromatic rings. The van der Waals surface area contributed by atoms with E-state index in [1.807, 2.05) is 35.7 Å². The summed E-state index contributed by atoms with van der Waals surface area (Å²) in [5.74, 6) is 0.0761. The Kier molecular flexibility index (Phi) is 5.75. The Labute approximate surface area is 164 Å². The second kappa shape index (κ2) is 8.59. The highest BCUT2D eigenvalue weighted by molar-refractivity contribution is 7.99. The number of rotatable bonds is 7. The van der Waals surface area contributed by atoms with Crippen molar-refractivity contribution in [3.8, 4) is 11.3 Å². The number of nitrogens with one attached hydrogen (secondary N) is 1. The molecule has 1 saturated heterocycles. The van der Waals surface area contributed by atoms with E-state index >= 15 is 0 Å². The number of aromatic nitrogens is 5. The van der Waals surface area contributed by atoms with Crippen molar-refractivity contribution in [3.63, 3.8) is 0 Å². The zero-order chi connectivity index (χ0) is 18.5. The number of nitrogens with zero attached hydrogens (tertiary/aromatic N) is 5. The van der Waals surface area contributed by atoms with Crippen LogP contribution in [0.3, 0.4) is 0 Å². The molecule has 1 aliphatic rings. The normalized spacial score (nSPS) is 16.5. The van der Waals surface area contributed by atoms with Crippen LogP contribution in [0.2, 0.25) is 0 Å². The molecule has 1 amide bonds. The van der Waals surface area contributed by atoms with Crippen LogP contribution in [0.25, 0.3) is 11.3 Å². The quantitative estimate of drug-likeness (QED) is 0.607.